The van der Waals surface area contributed by atoms with Gasteiger partial charge in [0.25, 0.3) is 0 Å². The van der Waals surface area contributed by atoms with Crippen LogP contribution in [0.3, 0.4) is 0 Å². The quantitative estimate of drug-likeness (QED) is 0.787. The van der Waals surface area contributed by atoms with Crippen molar-refractivity contribution < 1.29 is 9.53 Å². The highest BCUT2D eigenvalue weighted by molar-refractivity contribution is 9.10. The average molecular weight is 271 g/mol. The van der Waals surface area contributed by atoms with Crippen molar-refractivity contribution in [3.63, 3.8) is 0 Å². The van der Waals surface area contributed by atoms with Gasteiger partial charge in [-0.05, 0) is 36.1 Å². The zero-order valence-corrected chi connectivity index (χ0v) is 10.8. The first-order chi connectivity index (χ1) is 7.04. The van der Waals surface area contributed by atoms with E-state index in [1.54, 1.807) is 6.07 Å². The molecule has 1 rings (SSSR count). The second kappa shape index (κ2) is 5.31. The Labute approximate surface area is 98.8 Å². The molecule has 1 aromatic carbocycles. The first-order valence-electron chi connectivity index (χ1n) is 4.91. The average Bonchev–Trinajstić information content (AvgIpc) is 2.16. The molecule has 0 atom stereocenters. The number of rotatable bonds is 3. The lowest BCUT2D eigenvalue weighted by Crippen LogP contribution is -2.07. The normalized spacial score (nSPS) is 10.5. The van der Waals surface area contributed by atoms with Gasteiger partial charge in [0.15, 0.2) is 0 Å². The molecular formula is C12H15BrO2. The SMILES string of the molecule is COC(=O)c1ccc(Br)cc1CC(C)C. The van der Waals surface area contributed by atoms with E-state index in [-0.39, 0.29) is 5.97 Å². The Bertz CT molecular complexity index is 359. The van der Waals surface area contributed by atoms with E-state index >= 15 is 0 Å². The van der Waals surface area contributed by atoms with E-state index < -0.39 is 0 Å². The maximum absolute atomic E-state index is 11.5. The van der Waals surface area contributed by atoms with Gasteiger partial charge in [-0.2, -0.15) is 0 Å². The second-order valence-corrected chi connectivity index (χ2v) is 4.81. The van der Waals surface area contributed by atoms with Gasteiger partial charge in [0.05, 0.1) is 12.7 Å². The number of hydrogen-bond acceptors (Lipinski definition) is 2. The Morgan fingerprint density at radius 1 is 1.47 bits per heavy atom. The lowest BCUT2D eigenvalue weighted by atomic mass is 9.98. The number of benzene rings is 1. The summed E-state index contributed by atoms with van der Waals surface area (Å²) in [5, 5.41) is 0. The van der Waals surface area contributed by atoms with Crippen LogP contribution in [0.1, 0.15) is 29.8 Å². The van der Waals surface area contributed by atoms with Gasteiger partial charge in [-0.15, -0.1) is 0 Å². The zero-order chi connectivity index (χ0) is 11.4. The Kier molecular flexibility index (Phi) is 4.33. The molecule has 0 fully saturated rings. The fourth-order valence-corrected chi connectivity index (χ4v) is 1.89. The molecule has 0 N–H and O–H groups in total. The first-order valence-corrected chi connectivity index (χ1v) is 5.70. The minimum absolute atomic E-state index is 0.266. The number of carbonyl (C=O) groups is 1. The predicted molar refractivity (Wildman–Crippen MR) is 64.0 cm³/mol. The van der Waals surface area contributed by atoms with Crippen LogP contribution < -0.4 is 0 Å². The highest BCUT2D eigenvalue weighted by Gasteiger charge is 2.12. The lowest BCUT2D eigenvalue weighted by molar-refractivity contribution is 0.0599. The summed E-state index contributed by atoms with van der Waals surface area (Å²) >= 11 is 3.41. The van der Waals surface area contributed by atoms with Crippen LogP contribution in [-0.4, -0.2) is 13.1 Å². The standard InChI is InChI=1S/C12H15BrO2/c1-8(2)6-9-7-10(13)4-5-11(9)12(14)15-3/h4-5,7-8H,6H2,1-3H3. The largest absolute Gasteiger partial charge is 0.465 e. The Hall–Kier alpha value is -0.830. The minimum Gasteiger partial charge on any atom is -0.465 e. The van der Waals surface area contributed by atoms with Gasteiger partial charge in [-0.1, -0.05) is 29.8 Å². The second-order valence-electron chi connectivity index (χ2n) is 3.89. The number of halogens is 1. The molecule has 1 aromatic rings. The summed E-state index contributed by atoms with van der Waals surface area (Å²) in [6.07, 6.45) is 0.879. The van der Waals surface area contributed by atoms with Crippen LogP contribution in [0.15, 0.2) is 22.7 Å². The van der Waals surface area contributed by atoms with Crippen molar-refractivity contribution in [2.45, 2.75) is 20.3 Å². The minimum atomic E-state index is -0.266. The molecule has 0 amide bonds. The molecule has 82 valence electrons. The Balaban J connectivity index is 3.08. The van der Waals surface area contributed by atoms with Crippen LogP contribution in [0, 0.1) is 5.92 Å². The number of ether oxygens (including phenoxy) is 1. The summed E-state index contributed by atoms with van der Waals surface area (Å²) in [6.45, 7) is 4.25. The van der Waals surface area contributed by atoms with E-state index in [1.165, 1.54) is 7.11 Å². The Morgan fingerprint density at radius 2 is 2.13 bits per heavy atom. The number of hydrogen-bond donors (Lipinski definition) is 0. The fraction of sp³-hybridized carbons (Fsp3) is 0.417. The molecule has 0 saturated carbocycles. The van der Waals surface area contributed by atoms with Crippen LogP contribution in [0.25, 0.3) is 0 Å². The van der Waals surface area contributed by atoms with Crippen molar-refractivity contribution >= 4 is 21.9 Å². The van der Waals surface area contributed by atoms with Crippen molar-refractivity contribution in [1.82, 2.24) is 0 Å². The van der Waals surface area contributed by atoms with Crippen molar-refractivity contribution in [2.24, 2.45) is 5.92 Å². The molecule has 15 heavy (non-hydrogen) atoms. The monoisotopic (exact) mass is 270 g/mol. The number of methoxy groups -OCH3 is 1. The van der Waals surface area contributed by atoms with Crippen molar-refractivity contribution in [3.8, 4) is 0 Å². The van der Waals surface area contributed by atoms with Crippen molar-refractivity contribution in [2.75, 3.05) is 7.11 Å². The smallest absolute Gasteiger partial charge is 0.338 e. The lowest BCUT2D eigenvalue weighted by Gasteiger charge is -2.10. The van der Waals surface area contributed by atoms with E-state index in [2.05, 4.69) is 29.8 Å². The molecule has 0 spiro atoms. The number of esters is 1. The summed E-state index contributed by atoms with van der Waals surface area (Å²) in [6, 6.07) is 5.63. The van der Waals surface area contributed by atoms with Crippen LogP contribution in [0.2, 0.25) is 0 Å². The molecule has 0 aliphatic carbocycles. The summed E-state index contributed by atoms with van der Waals surface area (Å²) in [7, 11) is 1.41. The molecule has 0 heterocycles. The molecule has 0 unspecified atom stereocenters. The molecule has 0 aromatic heterocycles. The van der Waals surface area contributed by atoms with E-state index in [4.69, 9.17) is 4.74 Å². The van der Waals surface area contributed by atoms with E-state index in [0.717, 1.165) is 16.5 Å². The molecule has 2 nitrogen and oxygen atoms in total. The van der Waals surface area contributed by atoms with Crippen LogP contribution in [0.4, 0.5) is 0 Å². The molecule has 0 aliphatic heterocycles. The molecule has 0 bridgehead atoms. The van der Waals surface area contributed by atoms with Gasteiger partial charge in [0.1, 0.15) is 0 Å². The van der Waals surface area contributed by atoms with Crippen molar-refractivity contribution in [1.29, 1.82) is 0 Å². The zero-order valence-electron chi connectivity index (χ0n) is 9.21. The molecular weight excluding hydrogens is 256 g/mol. The van der Waals surface area contributed by atoms with Crippen LogP contribution in [0.5, 0.6) is 0 Å². The van der Waals surface area contributed by atoms with E-state index in [1.807, 2.05) is 12.1 Å². The third kappa shape index (κ3) is 3.34. The molecule has 3 heteroatoms. The Morgan fingerprint density at radius 3 is 2.67 bits per heavy atom. The maximum Gasteiger partial charge on any atom is 0.338 e. The van der Waals surface area contributed by atoms with Crippen LogP contribution >= 0.6 is 15.9 Å². The molecule has 0 saturated heterocycles. The van der Waals surface area contributed by atoms with Gasteiger partial charge in [-0.3, -0.25) is 0 Å². The van der Waals surface area contributed by atoms with Gasteiger partial charge in [0.2, 0.25) is 0 Å². The third-order valence-corrected chi connectivity index (χ3v) is 2.59. The van der Waals surface area contributed by atoms with Gasteiger partial charge >= 0.3 is 5.97 Å². The van der Waals surface area contributed by atoms with E-state index in [0.29, 0.717) is 11.5 Å². The van der Waals surface area contributed by atoms with Crippen molar-refractivity contribution in [3.05, 3.63) is 33.8 Å². The summed E-state index contributed by atoms with van der Waals surface area (Å²) in [4.78, 5) is 11.5. The van der Waals surface area contributed by atoms with Gasteiger partial charge in [0, 0.05) is 4.47 Å². The van der Waals surface area contributed by atoms with Gasteiger partial charge < -0.3 is 4.74 Å². The summed E-state index contributed by atoms with van der Waals surface area (Å²) in [5.41, 5.74) is 1.70. The third-order valence-electron chi connectivity index (χ3n) is 2.10. The van der Waals surface area contributed by atoms with Gasteiger partial charge in [-0.25, -0.2) is 4.79 Å². The highest BCUT2D eigenvalue weighted by Crippen LogP contribution is 2.20. The highest BCUT2D eigenvalue weighted by atomic mass is 79.9. The molecule has 0 radical (unpaired) electrons. The fourth-order valence-electron chi connectivity index (χ4n) is 1.48. The topological polar surface area (TPSA) is 26.3 Å². The van der Waals surface area contributed by atoms with E-state index in [9.17, 15) is 4.79 Å². The predicted octanol–water partition coefficient (Wildman–Crippen LogP) is 3.43. The summed E-state index contributed by atoms with van der Waals surface area (Å²) < 4.78 is 5.74. The van der Waals surface area contributed by atoms with Crippen LogP contribution in [-0.2, 0) is 11.2 Å². The molecule has 0 aliphatic rings. The maximum atomic E-state index is 11.5. The first kappa shape index (κ1) is 12.2. The number of carbonyl (C=O) groups excluding carboxylic acids is 1. The summed E-state index contributed by atoms with van der Waals surface area (Å²) in [5.74, 6) is 0.251.